The van der Waals surface area contributed by atoms with Gasteiger partial charge in [0.15, 0.2) is 0 Å². The molecule has 1 saturated heterocycles. The van der Waals surface area contributed by atoms with Crippen molar-refractivity contribution in [2.24, 2.45) is 5.41 Å². The summed E-state index contributed by atoms with van der Waals surface area (Å²) in [6, 6.07) is 10.4. The molecule has 1 unspecified atom stereocenters. The summed E-state index contributed by atoms with van der Waals surface area (Å²) >= 11 is 0. The molecule has 1 aliphatic rings. The fourth-order valence-electron chi connectivity index (χ4n) is 2.27. The standard InChI is InChI=1S/C14H20O2/c1-13(2,3)14(11-15-9-10-16-14)12-7-5-4-6-8-12/h4-8H,9-11H2,1-3H3. The summed E-state index contributed by atoms with van der Waals surface area (Å²) in [4.78, 5) is 0. The van der Waals surface area contributed by atoms with Gasteiger partial charge >= 0.3 is 0 Å². The highest BCUT2D eigenvalue weighted by Gasteiger charge is 2.46. The zero-order valence-corrected chi connectivity index (χ0v) is 10.3. The third-order valence-corrected chi connectivity index (χ3v) is 3.33. The van der Waals surface area contributed by atoms with E-state index in [1.54, 1.807) is 0 Å². The maximum absolute atomic E-state index is 6.09. The Bertz CT molecular complexity index is 332. The topological polar surface area (TPSA) is 18.5 Å². The Kier molecular flexibility index (Phi) is 3.04. The second-order valence-corrected chi connectivity index (χ2v) is 5.34. The van der Waals surface area contributed by atoms with Gasteiger partial charge in [-0.3, -0.25) is 0 Å². The molecular formula is C14H20O2. The van der Waals surface area contributed by atoms with E-state index in [1.165, 1.54) is 5.56 Å². The first-order valence-corrected chi connectivity index (χ1v) is 5.83. The third-order valence-electron chi connectivity index (χ3n) is 3.33. The lowest BCUT2D eigenvalue weighted by molar-refractivity contribution is -0.210. The molecule has 0 bridgehead atoms. The van der Waals surface area contributed by atoms with Crippen LogP contribution in [0.5, 0.6) is 0 Å². The van der Waals surface area contributed by atoms with Gasteiger partial charge in [-0.25, -0.2) is 0 Å². The van der Waals surface area contributed by atoms with E-state index < -0.39 is 0 Å². The van der Waals surface area contributed by atoms with Crippen LogP contribution in [0.1, 0.15) is 26.3 Å². The van der Waals surface area contributed by atoms with Crippen molar-refractivity contribution in [2.75, 3.05) is 19.8 Å². The van der Waals surface area contributed by atoms with Gasteiger partial charge < -0.3 is 9.47 Å². The SMILES string of the molecule is CC(C)(C)C1(c2ccccc2)COCCO1. The average Bonchev–Trinajstić information content (AvgIpc) is 2.30. The Balaban J connectivity index is 2.42. The van der Waals surface area contributed by atoms with Crippen LogP contribution in [0.4, 0.5) is 0 Å². The van der Waals surface area contributed by atoms with Crippen molar-refractivity contribution >= 4 is 0 Å². The summed E-state index contributed by atoms with van der Waals surface area (Å²) in [5, 5.41) is 0. The van der Waals surface area contributed by atoms with Crippen LogP contribution in [0, 0.1) is 5.41 Å². The number of hydrogen-bond acceptors (Lipinski definition) is 2. The molecule has 1 aliphatic heterocycles. The lowest BCUT2D eigenvalue weighted by Gasteiger charge is -2.47. The normalized spacial score (nSPS) is 26.7. The van der Waals surface area contributed by atoms with Crippen molar-refractivity contribution in [3.8, 4) is 0 Å². The molecule has 0 spiro atoms. The maximum atomic E-state index is 6.09. The van der Waals surface area contributed by atoms with Gasteiger partial charge in [0.25, 0.3) is 0 Å². The molecule has 0 aliphatic carbocycles. The van der Waals surface area contributed by atoms with Crippen molar-refractivity contribution < 1.29 is 9.47 Å². The minimum Gasteiger partial charge on any atom is -0.376 e. The first-order chi connectivity index (χ1) is 7.56. The van der Waals surface area contributed by atoms with E-state index in [0.717, 1.165) is 0 Å². The third kappa shape index (κ3) is 1.87. The van der Waals surface area contributed by atoms with Crippen molar-refractivity contribution in [2.45, 2.75) is 26.4 Å². The van der Waals surface area contributed by atoms with E-state index in [-0.39, 0.29) is 11.0 Å². The zero-order valence-electron chi connectivity index (χ0n) is 10.3. The molecule has 0 amide bonds. The highest BCUT2D eigenvalue weighted by atomic mass is 16.6. The summed E-state index contributed by atoms with van der Waals surface area (Å²) in [5.41, 5.74) is 0.920. The minimum atomic E-state index is -0.313. The highest BCUT2D eigenvalue weighted by molar-refractivity contribution is 5.25. The number of ether oxygens (including phenoxy) is 2. The molecule has 1 atom stereocenters. The van der Waals surface area contributed by atoms with Crippen molar-refractivity contribution in [3.63, 3.8) is 0 Å². The van der Waals surface area contributed by atoms with E-state index in [2.05, 4.69) is 45.0 Å². The van der Waals surface area contributed by atoms with Crippen LogP contribution in [0.15, 0.2) is 30.3 Å². The van der Waals surface area contributed by atoms with Gasteiger partial charge in [0, 0.05) is 0 Å². The molecule has 0 radical (unpaired) electrons. The van der Waals surface area contributed by atoms with E-state index in [4.69, 9.17) is 9.47 Å². The van der Waals surface area contributed by atoms with E-state index in [9.17, 15) is 0 Å². The first-order valence-electron chi connectivity index (χ1n) is 5.83. The van der Waals surface area contributed by atoms with Gasteiger partial charge in [-0.05, 0) is 11.0 Å². The van der Waals surface area contributed by atoms with Crippen molar-refractivity contribution in [1.82, 2.24) is 0 Å². The summed E-state index contributed by atoms with van der Waals surface area (Å²) in [7, 11) is 0. The molecule has 0 saturated carbocycles. The van der Waals surface area contributed by atoms with E-state index in [0.29, 0.717) is 19.8 Å². The molecule has 2 rings (SSSR count). The van der Waals surface area contributed by atoms with Crippen LogP contribution in [-0.2, 0) is 15.1 Å². The first kappa shape index (κ1) is 11.6. The monoisotopic (exact) mass is 220 g/mol. The average molecular weight is 220 g/mol. The summed E-state index contributed by atoms with van der Waals surface area (Å²) in [6.45, 7) is 8.62. The molecule has 0 aromatic heterocycles. The second-order valence-electron chi connectivity index (χ2n) is 5.34. The van der Waals surface area contributed by atoms with Gasteiger partial charge in [0.1, 0.15) is 5.60 Å². The summed E-state index contributed by atoms with van der Waals surface area (Å²) in [6.07, 6.45) is 0. The molecule has 0 N–H and O–H groups in total. The largest absolute Gasteiger partial charge is 0.376 e. The Morgan fingerprint density at radius 3 is 2.25 bits per heavy atom. The minimum absolute atomic E-state index is 0.0226. The van der Waals surface area contributed by atoms with Crippen LogP contribution in [0.3, 0.4) is 0 Å². The van der Waals surface area contributed by atoms with Crippen LogP contribution < -0.4 is 0 Å². The molecule has 88 valence electrons. The van der Waals surface area contributed by atoms with Gasteiger partial charge in [-0.2, -0.15) is 0 Å². The number of rotatable bonds is 1. The lowest BCUT2D eigenvalue weighted by Crippen LogP contribution is -2.50. The molecular weight excluding hydrogens is 200 g/mol. The smallest absolute Gasteiger partial charge is 0.121 e. The van der Waals surface area contributed by atoms with Gasteiger partial charge in [0.05, 0.1) is 19.8 Å². The second kappa shape index (κ2) is 4.19. The molecule has 2 heteroatoms. The summed E-state index contributed by atoms with van der Waals surface area (Å²) in [5.74, 6) is 0. The summed E-state index contributed by atoms with van der Waals surface area (Å²) < 4.78 is 11.7. The Morgan fingerprint density at radius 2 is 1.75 bits per heavy atom. The maximum Gasteiger partial charge on any atom is 0.121 e. The quantitative estimate of drug-likeness (QED) is 0.724. The number of hydrogen-bond donors (Lipinski definition) is 0. The molecule has 1 fully saturated rings. The molecule has 1 aromatic rings. The van der Waals surface area contributed by atoms with Crippen LogP contribution in [-0.4, -0.2) is 19.8 Å². The number of benzene rings is 1. The molecule has 1 heterocycles. The van der Waals surface area contributed by atoms with Crippen LogP contribution in [0.2, 0.25) is 0 Å². The van der Waals surface area contributed by atoms with Gasteiger partial charge in [-0.1, -0.05) is 51.1 Å². The highest BCUT2D eigenvalue weighted by Crippen LogP contribution is 2.44. The van der Waals surface area contributed by atoms with Crippen LogP contribution >= 0.6 is 0 Å². The van der Waals surface area contributed by atoms with Crippen molar-refractivity contribution in [1.29, 1.82) is 0 Å². The van der Waals surface area contributed by atoms with Gasteiger partial charge in [0.2, 0.25) is 0 Å². The van der Waals surface area contributed by atoms with Crippen molar-refractivity contribution in [3.05, 3.63) is 35.9 Å². The lowest BCUT2D eigenvalue weighted by atomic mass is 9.72. The van der Waals surface area contributed by atoms with E-state index >= 15 is 0 Å². The Labute approximate surface area is 97.6 Å². The molecule has 2 nitrogen and oxygen atoms in total. The zero-order chi connectivity index (χ0) is 11.6. The predicted molar refractivity (Wildman–Crippen MR) is 64.3 cm³/mol. The molecule has 16 heavy (non-hydrogen) atoms. The fraction of sp³-hybridized carbons (Fsp3) is 0.571. The molecule has 1 aromatic carbocycles. The Morgan fingerprint density at radius 1 is 1.06 bits per heavy atom. The fourth-order valence-corrected chi connectivity index (χ4v) is 2.27. The predicted octanol–water partition coefficient (Wildman–Crippen LogP) is 2.97. The Hall–Kier alpha value is -0.860. The van der Waals surface area contributed by atoms with E-state index in [1.807, 2.05) is 6.07 Å². The van der Waals surface area contributed by atoms with Gasteiger partial charge in [-0.15, -0.1) is 0 Å². The van der Waals surface area contributed by atoms with Crippen LogP contribution in [0.25, 0.3) is 0 Å².